The standard InChI is InChI=1S/C30H48O2/c1-18-10-15-30(21(4)31)17-16-28(6)23(26(30)19(18)2)8-9-25-27(5)13-12-24(32)20(3)22(27)11-14-29(25,28)7/h8,18-20,22,24-26,32H,9-17H2,1-7H3/t18-,19?,20?,22?,24?,25?,26?,27?,28-,29?,30?/m1/s1. The van der Waals surface area contributed by atoms with Gasteiger partial charge in [0, 0.05) is 5.41 Å². The molecule has 0 amide bonds. The topological polar surface area (TPSA) is 37.3 Å². The van der Waals surface area contributed by atoms with E-state index < -0.39 is 0 Å². The summed E-state index contributed by atoms with van der Waals surface area (Å²) in [6, 6.07) is 0. The largest absolute Gasteiger partial charge is 0.393 e. The van der Waals surface area contributed by atoms with Crippen molar-refractivity contribution in [2.45, 2.75) is 112 Å². The fraction of sp³-hybridized carbons (Fsp3) is 0.900. The lowest BCUT2D eigenvalue weighted by Crippen LogP contribution is -2.64. The van der Waals surface area contributed by atoms with Gasteiger partial charge >= 0.3 is 0 Å². The number of aliphatic hydroxyl groups is 1. The molecular formula is C30H48O2. The summed E-state index contributed by atoms with van der Waals surface area (Å²) in [5.74, 6) is 3.97. The summed E-state index contributed by atoms with van der Waals surface area (Å²) in [7, 11) is 0. The molecule has 0 aromatic rings. The number of carbonyl (C=O) groups is 1. The predicted molar refractivity (Wildman–Crippen MR) is 131 cm³/mol. The van der Waals surface area contributed by atoms with Crippen molar-refractivity contribution < 1.29 is 9.90 Å². The molecule has 0 radical (unpaired) electrons. The van der Waals surface area contributed by atoms with E-state index in [2.05, 4.69) is 47.6 Å². The maximum Gasteiger partial charge on any atom is 0.136 e. The van der Waals surface area contributed by atoms with Gasteiger partial charge in [-0.1, -0.05) is 53.2 Å². The highest BCUT2D eigenvalue weighted by molar-refractivity contribution is 5.84. The summed E-state index contributed by atoms with van der Waals surface area (Å²) in [4.78, 5) is 13.2. The minimum absolute atomic E-state index is 0.106. The van der Waals surface area contributed by atoms with Crippen LogP contribution in [0, 0.1) is 57.2 Å². The molecule has 180 valence electrons. The van der Waals surface area contributed by atoms with Crippen molar-refractivity contribution in [2.75, 3.05) is 0 Å². The Morgan fingerprint density at radius 2 is 1.66 bits per heavy atom. The minimum atomic E-state index is -0.113. The first-order valence-corrected chi connectivity index (χ1v) is 13.8. The van der Waals surface area contributed by atoms with Crippen LogP contribution in [0.4, 0.5) is 0 Å². The second-order valence-corrected chi connectivity index (χ2v) is 13.9. The van der Waals surface area contributed by atoms with Gasteiger partial charge in [0.25, 0.3) is 0 Å². The summed E-state index contributed by atoms with van der Waals surface area (Å²) in [6.45, 7) is 16.9. The van der Waals surface area contributed by atoms with Crippen LogP contribution in [0.2, 0.25) is 0 Å². The van der Waals surface area contributed by atoms with Gasteiger partial charge in [0.05, 0.1) is 6.10 Å². The van der Waals surface area contributed by atoms with Crippen LogP contribution < -0.4 is 0 Å². The third-order valence-corrected chi connectivity index (χ3v) is 13.3. The monoisotopic (exact) mass is 440 g/mol. The van der Waals surface area contributed by atoms with Crippen LogP contribution in [0.5, 0.6) is 0 Å². The highest BCUT2D eigenvalue weighted by Crippen LogP contribution is 2.74. The van der Waals surface area contributed by atoms with Crippen LogP contribution in [-0.2, 0) is 4.79 Å². The molecule has 0 heterocycles. The first kappa shape index (κ1) is 23.1. The molecule has 2 heteroatoms. The molecule has 0 saturated heterocycles. The third-order valence-electron chi connectivity index (χ3n) is 13.3. The number of aliphatic hydroxyl groups excluding tert-OH is 1. The lowest BCUT2D eigenvalue weighted by Gasteiger charge is -2.70. The lowest BCUT2D eigenvalue weighted by atomic mass is 9.34. The molecule has 4 saturated carbocycles. The second-order valence-electron chi connectivity index (χ2n) is 13.9. The molecule has 0 aliphatic heterocycles. The Morgan fingerprint density at radius 3 is 2.34 bits per heavy atom. The van der Waals surface area contributed by atoms with Gasteiger partial charge in [-0.2, -0.15) is 0 Å². The molecule has 0 spiro atoms. The van der Waals surface area contributed by atoms with Gasteiger partial charge in [0.1, 0.15) is 5.78 Å². The van der Waals surface area contributed by atoms with E-state index in [1.807, 2.05) is 6.92 Å². The number of ketones is 1. The molecule has 11 atom stereocenters. The predicted octanol–water partition coefficient (Wildman–Crippen LogP) is 7.20. The summed E-state index contributed by atoms with van der Waals surface area (Å²) >= 11 is 0. The smallest absolute Gasteiger partial charge is 0.136 e. The number of rotatable bonds is 1. The maximum atomic E-state index is 13.2. The highest BCUT2D eigenvalue weighted by atomic mass is 16.3. The van der Waals surface area contributed by atoms with E-state index in [0.717, 1.165) is 19.3 Å². The van der Waals surface area contributed by atoms with E-state index in [1.54, 1.807) is 5.57 Å². The molecule has 5 aliphatic rings. The molecule has 5 rings (SSSR count). The average Bonchev–Trinajstić information content (AvgIpc) is 2.74. The molecule has 9 unspecified atom stereocenters. The Hall–Kier alpha value is -0.630. The molecule has 4 fully saturated rings. The fourth-order valence-electron chi connectivity index (χ4n) is 10.7. The van der Waals surface area contributed by atoms with Crippen LogP contribution >= 0.6 is 0 Å². The van der Waals surface area contributed by atoms with Crippen LogP contribution in [0.1, 0.15) is 106 Å². The zero-order chi connectivity index (χ0) is 23.3. The summed E-state index contributed by atoms with van der Waals surface area (Å²) in [6.07, 6.45) is 13.0. The average molecular weight is 441 g/mol. The Kier molecular flexibility index (Phi) is 5.20. The fourth-order valence-corrected chi connectivity index (χ4v) is 10.7. The van der Waals surface area contributed by atoms with Crippen LogP contribution in [0.25, 0.3) is 0 Å². The number of hydrogen-bond acceptors (Lipinski definition) is 2. The molecule has 1 N–H and O–H groups in total. The minimum Gasteiger partial charge on any atom is -0.393 e. The van der Waals surface area contributed by atoms with Crippen molar-refractivity contribution in [3.63, 3.8) is 0 Å². The molecule has 5 aliphatic carbocycles. The normalized spacial score (nSPS) is 57.4. The molecular weight excluding hydrogens is 392 g/mol. The van der Waals surface area contributed by atoms with E-state index >= 15 is 0 Å². The Morgan fingerprint density at radius 1 is 0.938 bits per heavy atom. The van der Waals surface area contributed by atoms with Gasteiger partial charge in [-0.25, -0.2) is 0 Å². The number of allylic oxidation sites excluding steroid dienone is 2. The molecule has 0 aromatic heterocycles. The van der Waals surface area contributed by atoms with E-state index in [-0.39, 0.29) is 16.9 Å². The van der Waals surface area contributed by atoms with Gasteiger partial charge in [0.15, 0.2) is 0 Å². The van der Waals surface area contributed by atoms with Crippen molar-refractivity contribution in [1.82, 2.24) is 0 Å². The molecule has 0 bridgehead atoms. The van der Waals surface area contributed by atoms with Gasteiger partial charge in [-0.3, -0.25) is 4.79 Å². The molecule has 32 heavy (non-hydrogen) atoms. The van der Waals surface area contributed by atoms with Gasteiger partial charge < -0.3 is 5.11 Å². The van der Waals surface area contributed by atoms with E-state index in [9.17, 15) is 9.90 Å². The zero-order valence-electron chi connectivity index (χ0n) is 21.8. The lowest BCUT2D eigenvalue weighted by molar-refractivity contribution is -0.183. The Balaban J connectivity index is 1.60. The molecule has 0 aromatic carbocycles. The van der Waals surface area contributed by atoms with Crippen molar-refractivity contribution in [1.29, 1.82) is 0 Å². The number of fused-ring (bicyclic) bond motifs is 7. The van der Waals surface area contributed by atoms with Crippen molar-refractivity contribution >= 4 is 5.78 Å². The van der Waals surface area contributed by atoms with E-state index in [0.29, 0.717) is 52.1 Å². The first-order chi connectivity index (χ1) is 14.9. The Bertz CT molecular complexity index is 829. The Labute approximate surface area is 197 Å². The SMILES string of the molecule is CC(=O)C12CC[C@@H](C)C(C)C1C1=CCC3C4(C)CCC(O)C(C)C4CCC3(C)[C@]1(C)CC2. The second kappa shape index (κ2) is 7.19. The van der Waals surface area contributed by atoms with E-state index in [4.69, 9.17) is 0 Å². The number of hydrogen-bond donors (Lipinski definition) is 1. The third kappa shape index (κ3) is 2.65. The quantitative estimate of drug-likeness (QED) is 0.438. The van der Waals surface area contributed by atoms with Crippen LogP contribution in [0.15, 0.2) is 11.6 Å². The van der Waals surface area contributed by atoms with Crippen molar-refractivity contribution in [3.05, 3.63) is 11.6 Å². The summed E-state index contributed by atoms with van der Waals surface area (Å²) < 4.78 is 0. The van der Waals surface area contributed by atoms with E-state index in [1.165, 1.54) is 38.5 Å². The highest BCUT2D eigenvalue weighted by Gasteiger charge is 2.67. The number of Topliss-reactive ketones (excluding diaryl/α,β-unsaturated/α-hetero) is 1. The van der Waals surface area contributed by atoms with Gasteiger partial charge in [0.2, 0.25) is 0 Å². The first-order valence-electron chi connectivity index (χ1n) is 13.8. The zero-order valence-corrected chi connectivity index (χ0v) is 21.8. The van der Waals surface area contributed by atoms with Crippen molar-refractivity contribution in [3.8, 4) is 0 Å². The van der Waals surface area contributed by atoms with Gasteiger partial charge in [-0.15, -0.1) is 0 Å². The van der Waals surface area contributed by atoms with Crippen LogP contribution in [-0.4, -0.2) is 17.0 Å². The maximum absolute atomic E-state index is 13.2. The molecule has 2 nitrogen and oxygen atoms in total. The van der Waals surface area contributed by atoms with Gasteiger partial charge in [-0.05, 0) is 116 Å². The summed E-state index contributed by atoms with van der Waals surface area (Å²) in [5, 5.41) is 10.6. The van der Waals surface area contributed by atoms with Crippen LogP contribution in [0.3, 0.4) is 0 Å². The van der Waals surface area contributed by atoms with Crippen molar-refractivity contribution in [2.24, 2.45) is 57.2 Å². The summed E-state index contributed by atoms with van der Waals surface area (Å²) in [5.41, 5.74) is 2.41. The number of carbonyl (C=O) groups excluding carboxylic acids is 1.